The topological polar surface area (TPSA) is 41.1 Å². The van der Waals surface area contributed by atoms with E-state index >= 15 is 0 Å². The number of amides is 1. The molecular formula is C10H12BrClN2O. The summed E-state index contributed by atoms with van der Waals surface area (Å²) in [5, 5.41) is 6.20. The van der Waals surface area contributed by atoms with Crippen LogP contribution in [0.25, 0.3) is 0 Å². The third kappa shape index (κ3) is 3.39. The Bertz CT molecular complexity index is 382. The summed E-state index contributed by atoms with van der Waals surface area (Å²) in [5.41, 5.74) is 1.81. The van der Waals surface area contributed by atoms with Crippen LogP contribution in [0.15, 0.2) is 16.6 Å². The predicted molar refractivity (Wildman–Crippen MR) is 66.4 cm³/mol. The van der Waals surface area contributed by atoms with Crippen LogP contribution in [0.4, 0.5) is 5.69 Å². The molecule has 0 spiro atoms. The fraction of sp³-hybridized carbons (Fsp3) is 0.300. The molecule has 0 heterocycles. The Morgan fingerprint density at radius 1 is 1.53 bits per heavy atom. The van der Waals surface area contributed by atoms with Crippen molar-refractivity contribution in [2.75, 3.05) is 18.9 Å². The molecule has 0 saturated heterocycles. The van der Waals surface area contributed by atoms with Gasteiger partial charge >= 0.3 is 0 Å². The average Bonchev–Trinajstić information content (AvgIpc) is 2.21. The van der Waals surface area contributed by atoms with E-state index in [1.807, 2.05) is 13.0 Å². The van der Waals surface area contributed by atoms with Crippen LogP contribution < -0.4 is 10.6 Å². The number of anilines is 1. The summed E-state index contributed by atoms with van der Waals surface area (Å²) in [6.45, 7) is 2.16. The number of carbonyl (C=O) groups is 1. The molecule has 0 radical (unpaired) electrons. The lowest BCUT2D eigenvalue weighted by Gasteiger charge is -2.09. The molecule has 0 aliphatic rings. The quantitative estimate of drug-likeness (QED) is 0.899. The monoisotopic (exact) mass is 290 g/mol. The standard InChI is InChI=1S/C10H12BrClN2O/c1-6-3-7(11)9(4-8(6)12)14-5-10(15)13-2/h3-4,14H,5H2,1-2H3,(H,13,15). The second-order valence-electron chi connectivity index (χ2n) is 3.11. The maximum Gasteiger partial charge on any atom is 0.239 e. The Morgan fingerprint density at radius 3 is 2.80 bits per heavy atom. The molecule has 0 saturated carbocycles. The van der Waals surface area contributed by atoms with Crippen LogP contribution in [-0.2, 0) is 4.79 Å². The highest BCUT2D eigenvalue weighted by Gasteiger charge is 2.05. The first-order chi connectivity index (χ1) is 7.04. The summed E-state index contributed by atoms with van der Waals surface area (Å²) in [5.74, 6) is -0.0707. The first-order valence-corrected chi connectivity index (χ1v) is 5.61. The van der Waals surface area contributed by atoms with Crippen molar-refractivity contribution in [3.05, 3.63) is 27.2 Å². The summed E-state index contributed by atoms with van der Waals surface area (Å²) in [7, 11) is 1.60. The first kappa shape index (κ1) is 12.3. The summed E-state index contributed by atoms with van der Waals surface area (Å²) in [6.07, 6.45) is 0. The Morgan fingerprint density at radius 2 is 2.20 bits per heavy atom. The first-order valence-electron chi connectivity index (χ1n) is 4.44. The number of halogens is 2. The largest absolute Gasteiger partial charge is 0.375 e. The number of hydrogen-bond acceptors (Lipinski definition) is 2. The lowest BCUT2D eigenvalue weighted by molar-refractivity contribution is -0.118. The Hall–Kier alpha value is -0.740. The maximum absolute atomic E-state index is 11.0. The molecule has 1 aromatic carbocycles. The Labute approximate surface area is 102 Å². The molecule has 0 unspecified atom stereocenters. The third-order valence-electron chi connectivity index (χ3n) is 1.97. The number of rotatable bonds is 3. The van der Waals surface area contributed by atoms with Crippen LogP contribution in [0.3, 0.4) is 0 Å². The molecular weight excluding hydrogens is 279 g/mol. The molecule has 0 aromatic heterocycles. The SMILES string of the molecule is CNC(=O)CNc1cc(Cl)c(C)cc1Br. The normalized spacial score (nSPS) is 9.87. The average molecular weight is 292 g/mol. The van der Waals surface area contributed by atoms with Gasteiger partial charge in [-0.2, -0.15) is 0 Å². The van der Waals surface area contributed by atoms with Crippen LogP contribution >= 0.6 is 27.5 Å². The molecule has 0 atom stereocenters. The third-order valence-corrected chi connectivity index (χ3v) is 3.03. The maximum atomic E-state index is 11.0. The van der Waals surface area contributed by atoms with E-state index in [0.29, 0.717) is 5.02 Å². The smallest absolute Gasteiger partial charge is 0.239 e. The van der Waals surface area contributed by atoms with Gasteiger partial charge in [-0.3, -0.25) is 4.79 Å². The van der Waals surface area contributed by atoms with Gasteiger partial charge in [-0.05, 0) is 40.5 Å². The molecule has 82 valence electrons. The van der Waals surface area contributed by atoms with Crippen molar-refractivity contribution in [1.82, 2.24) is 5.32 Å². The minimum Gasteiger partial charge on any atom is -0.375 e. The second-order valence-corrected chi connectivity index (χ2v) is 4.37. The van der Waals surface area contributed by atoms with E-state index in [0.717, 1.165) is 15.7 Å². The summed E-state index contributed by atoms with van der Waals surface area (Å²) in [4.78, 5) is 11.0. The fourth-order valence-corrected chi connectivity index (χ4v) is 1.81. The van der Waals surface area contributed by atoms with Crippen molar-refractivity contribution in [3.8, 4) is 0 Å². The van der Waals surface area contributed by atoms with Gasteiger partial charge in [0.05, 0.1) is 12.2 Å². The van der Waals surface area contributed by atoms with Crippen molar-refractivity contribution in [2.24, 2.45) is 0 Å². The highest BCUT2D eigenvalue weighted by Crippen LogP contribution is 2.28. The zero-order chi connectivity index (χ0) is 11.4. The molecule has 1 rings (SSSR count). The van der Waals surface area contributed by atoms with E-state index in [4.69, 9.17) is 11.6 Å². The molecule has 5 heteroatoms. The fourth-order valence-electron chi connectivity index (χ4n) is 1.05. The molecule has 1 amide bonds. The van der Waals surface area contributed by atoms with Gasteiger partial charge in [-0.15, -0.1) is 0 Å². The van der Waals surface area contributed by atoms with Crippen LogP contribution in [0, 0.1) is 6.92 Å². The van der Waals surface area contributed by atoms with Gasteiger partial charge in [0.2, 0.25) is 5.91 Å². The summed E-state index contributed by atoms with van der Waals surface area (Å²) >= 11 is 9.37. The Balaban J connectivity index is 2.77. The number of carbonyl (C=O) groups excluding carboxylic acids is 1. The molecule has 2 N–H and O–H groups in total. The van der Waals surface area contributed by atoms with Crippen molar-refractivity contribution in [1.29, 1.82) is 0 Å². The van der Waals surface area contributed by atoms with Gasteiger partial charge in [-0.1, -0.05) is 11.6 Å². The number of likely N-dealkylation sites (N-methyl/N-ethyl adjacent to an activating group) is 1. The molecule has 0 aliphatic carbocycles. The van der Waals surface area contributed by atoms with E-state index < -0.39 is 0 Å². The minimum atomic E-state index is -0.0707. The van der Waals surface area contributed by atoms with Crippen molar-refractivity contribution >= 4 is 39.1 Å². The van der Waals surface area contributed by atoms with Gasteiger partial charge in [0.1, 0.15) is 0 Å². The lowest BCUT2D eigenvalue weighted by Crippen LogP contribution is -2.26. The van der Waals surface area contributed by atoms with Crippen LogP contribution in [-0.4, -0.2) is 19.5 Å². The molecule has 0 fully saturated rings. The van der Waals surface area contributed by atoms with Crippen molar-refractivity contribution < 1.29 is 4.79 Å². The number of hydrogen-bond donors (Lipinski definition) is 2. The van der Waals surface area contributed by atoms with Crippen molar-refractivity contribution in [3.63, 3.8) is 0 Å². The van der Waals surface area contributed by atoms with E-state index in [-0.39, 0.29) is 12.5 Å². The molecule has 3 nitrogen and oxygen atoms in total. The summed E-state index contributed by atoms with van der Waals surface area (Å²) < 4.78 is 0.897. The van der Waals surface area contributed by atoms with E-state index in [9.17, 15) is 4.79 Å². The molecule has 0 bridgehead atoms. The number of benzene rings is 1. The summed E-state index contributed by atoms with van der Waals surface area (Å²) in [6, 6.07) is 3.71. The van der Waals surface area contributed by atoms with Crippen molar-refractivity contribution in [2.45, 2.75) is 6.92 Å². The van der Waals surface area contributed by atoms with Crippen LogP contribution in [0.1, 0.15) is 5.56 Å². The highest BCUT2D eigenvalue weighted by molar-refractivity contribution is 9.10. The zero-order valence-electron chi connectivity index (χ0n) is 8.53. The predicted octanol–water partition coefficient (Wildman–Crippen LogP) is 2.57. The van der Waals surface area contributed by atoms with Crippen LogP contribution in [0.5, 0.6) is 0 Å². The molecule has 1 aromatic rings. The highest BCUT2D eigenvalue weighted by atomic mass is 79.9. The Kier molecular flexibility index (Phi) is 4.42. The zero-order valence-corrected chi connectivity index (χ0v) is 10.9. The van der Waals surface area contributed by atoms with Crippen LogP contribution in [0.2, 0.25) is 5.02 Å². The molecule has 0 aliphatic heterocycles. The van der Waals surface area contributed by atoms with E-state index in [1.165, 1.54) is 0 Å². The van der Waals surface area contributed by atoms with E-state index in [2.05, 4.69) is 26.6 Å². The van der Waals surface area contributed by atoms with Gasteiger partial charge in [0.15, 0.2) is 0 Å². The number of nitrogens with one attached hydrogen (secondary N) is 2. The van der Waals surface area contributed by atoms with Gasteiger partial charge < -0.3 is 10.6 Å². The number of aryl methyl sites for hydroxylation is 1. The van der Waals surface area contributed by atoms with Gasteiger partial charge in [-0.25, -0.2) is 0 Å². The minimum absolute atomic E-state index is 0.0707. The lowest BCUT2D eigenvalue weighted by atomic mass is 10.2. The van der Waals surface area contributed by atoms with Gasteiger partial charge in [0.25, 0.3) is 0 Å². The van der Waals surface area contributed by atoms with E-state index in [1.54, 1.807) is 13.1 Å². The van der Waals surface area contributed by atoms with Gasteiger partial charge in [0, 0.05) is 16.5 Å². The molecule has 15 heavy (non-hydrogen) atoms. The second kappa shape index (κ2) is 5.37.